The van der Waals surface area contributed by atoms with Gasteiger partial charge in [0, 0.05) is 25.7 Å². The lowest BCUT2D eigenvalue weighted by atomic mass is 9.99. The van der Waals surface area contributed by atoms with Crippen LogP contribution >= 0.6 is 15.6 Å². The van der Waals surface area contributed by atoms with Crippen molar-refractivity contribution in [1.29, 1.82) is 0 Å². The van der Waals surface area contributed by atoms with Gasteiger partial charge in [-0.1, -0.05) is 447 Å². The second-order valence-electron chi connectivity index (χ2n) is 34.4. The number of esters is 4. The minimum Gasteiger partial charge on any atom is -0.462 e. The number of carbonyl (C=O) groups is 4. The van der Waals surface area contributed by atoms with Gasteiger partial charge in [0.2, 0.25) is 0 Å². The number of carbonyl (C=O) groups excluding carboxylic acids is 4. The number of phosphoric acid groups is 2. The van der Waals surface area contributed by atoms with Gasteiger partial charge in [-0.05, 0) is 43.4 Å². The molecule has 112 heavy (non-hydrogen) atoms. The zero-order valence-electron chi connectivity index (χ0n) is 74.2. The number of phosphoric ester groups is 2. The van der Waals surface area contributed by atoms with Crippen molar-refractivity contribution in [2.24, 2.45) is 17.8 Å². The summed E-state index contributed by atoms with van der Waals surface area (Å²) in [6.45, 7) is 12.1. The van der Waals surface area contributed by atoms with E-state index in [1.807, 2.05) is 0 Å². The van der Waals surface area contributed by atoms with E-state index in [2.05, 4.69) is 48.5 Å². The van der Waals surface area contributed by atoms with Gasteiger partial charge in [0.1, 0.15) is 19.3 Å². The Balaban J connectivity index is 5.25. The zero-order chi connectivity index (χ0) is 82.2. The molecule has 0 aliphatic heterocycles. The van der Waals surface area contributed by atoms with E-state index in [9.17, 15) is 43.2 Å². The summed E-state index contributed by atoms with van der Waals surface area (Å²) in [5.41, 5.74) is 0. The van der Waals surface area contributed by atoms with Gasteiger partial charge in [0.15, 0.2) is 12.2 Å². The van der Waals surface area contributed by atoms with Crippen molar-refractivity contribution in [3.05, 3.63) is 0 Å². The summed E-state index contributed by atoms with van der Waals surface area (Å²) in [6.07, 6.45) is 76.4. The van der Waals surface area contributed by atoms with E-state index in [0.29, 0.717) is 25.7 Å². The quantitative estimate of drug-likeness (QED) is 0.0222. The molecule has 0 radical (unpaired) electrons. The maximum Gasteiger partial charge on any atom is 0.472 e. The number of hydrogen-bond donors (Lipinski definition) is 3. The topological polar surface area (TPSA) is 237 Å². The Bertz CT molecular complexity index is 2150. The minimum absolute atomic E-state index is 0.108. The van der Waals surface area contributed by atoms with Crippen molar-refractivity contribution in [2.45, 2.75) is 516 Å². The molecule has 0 saturated carbocycles. The van der Waals surface area contributed by atoms with Crippen LogP contribution in [0.5, 0.6) is 0 Å². The molecule has 0 spiro atoms. The molecule has 3 N–H and O–H groups in total. The summed E-state index contributed by atoms with van der Waals surface area (Å²) < 4.78 is 69.1. The first kappa shape index (κ1) is 110. The van der Waals surface area contributed by atoms with E-state index in [1.54, 1.807) is 0 Å². The monoisotopic (exact) mass is 1630 g/mol. The van der Waals surface area contributed by atoms with Crippen LogP contribution in [-0.2, 0) is 65.4 Å². The van der Waals surface area contributed by atoms with Gasteiger partial charge in [-0.25, -0.2) is 9.13 Å². The fourth-order valence-corrected chi connectivity index (χ4v) is 16.1. The van der Waals surface area contributed by atoms with Crippen LogP contribution in [-0.4, -0.2) is 96.7 Å². The molecule has 0 bridgehead atoms. The first-order chi connectivity index (χ1) is 54.3. The molecule has 4 unspecified atom stereocenters. The SMILES string of the molecule is CCCCCCCCCCCCCCCCCCCC(=O)O[C@H](COC(=O)CCCCCCCCCCC(C)CC)COP(=O)(O)OC[C@H](O)COP(=O)(O)OC[C@@H](COC(=O)CCCCCCCCCCCCCCCCCCCCC(C)C)OC(=O)CCCCCCCCCCCCCCCCCCCCC(C)CC. The molecule has 7 atom stereocenters. The molecule has 0 saturated heterocycles. The molecule has 19 heteroatoms. The summed E-state index contributed by atoms with van der Waals surface area (Å²) in [5.74, 6) is 0.376. The largest absolute Gasteiger partial charge is 0.472 e. The fraction of sp³-hybridized carbons (Fsp3) is 0.957. The Labute approximate surface area is 689 Å². The normalized spacial score (nSPS) is 14.2. The Morgan fingerprint density at radius 2 is 0.455 bits per heavy atom. The Kier molecular flexibility index (Phi) is 81.3. The van der Waals surface area contributed by atoms with Crippen LogP contribution in [0.15, 0.2) is 0 Å². The van der Waals surface area contributed by atoms with Crippen LogP contribution < -0.4 is 0 Å². The van der Waals surface area contributed by atoms with Gasteiger partial charge in [-0.15, -0.1) is 0 Å². The number of unbranched alkanes of at least 4 members (excludes halogenated alkanes) is 57. The van der Waals surface area contributed by atoms with Crippen LogP contribution in [0.4, 0.5) is 0 Å². The van der Waals surface area contributed by atoms with Gasteiger partial charge in [0.05, 0.1) is 26.4 Å². The van der Waals surface area contributed by atoms with Crippen LogP contribution in [0, 0.1) is 17.8 Å². The predicted octanol–water partition coefficient (Wildman–Crippen LogP) is 28.8. The second kappa shape index (κ2) is 82.7. The lowest BCUT2D eigenvalue weighted by molar-refractivity contribution is -0.161. The minimum atomic E-state index is -4.97. The molecule has 17 nitrogen and oxygen atoms in total. The van der Waals surface area contributed by atoms with Gasteiger partial charge >= 0.3 is 39.5 Å². The number of rotatable bonds is 91. The fourth-order valence-electron chi connectivity index (χ4n) is 14.5. The molecular formula is C93H182O17P2. The summed E-state index contributed by atoms with van der Waals surface area (Å²) >= 11 is 0. The van der Waals surface area contributed by atoms with Crippen LogP contribution in [0.3, 0.4) is 0 Å². The van der Waals surface area contributed by atoms with Crippen LogP contribution in [0.1, 0.15) is 498 Å². The third-order valence-electron chi connectivity index (χ3n) is 22.6. The number of aliphatic hydroxyl groups excluding tert-OH is 1. The standard InChI is InChI=1S/C93H182O17P2/c1-8-11-12-13-14-15-16-17-18-23-31-36-41-46-55-62-69-77-93(98)110-89(81-104-91(96)75-68-61-54-49-48-52-59-66-73-86(7)10-3)83-108-112(101,102)106-79-87(94)78-105-111(99,100)107-82-88(80-103-90(95)74-67-60-53-45-40-35-30-26-21-19-24-28-33-38-43-50-57-64-71-84(4)5)109-92(97)76-70-63-56-47-42-37-32-27-22-20-25-29-34-39-44-51-58-65-72-85(6)9-2/h84-89,94H,8-83H2,1-7H3,(H,99,100)(H,101,102)/t85?,86?,87-,88-,89-/m1/s1. The highest BCUT2D eigenvalue weighted by molar-refractivity contribution is 7.47. The molecule has 0 aromatic heterocycles. The van der Waals surface area contributed by atoms with Crippen molar-refractivity contribution >= 4 is 39.5 Å². The van der Waals surface area contributed by atoms with Crippen molar-refractivity contribution in [1.82, 2.24) is 0 Å². The molecule has 0 amide bonds. The summed E-state index contributed by atoms with van der Waals surface area (Å²) in [6, 6.07) is 0. The molecule has 0 heterocycles. The van der Waals surface area contributed by atoms with Crippen molar-refractivity contribution in [3.63, 3.8) is 0 Å². The lowest BCUT2D eigenvalue weighted by Gasteiger charge is -2.21. The van der Waals surface area contributed by atoms with Gasteiger partial charge < -0.3 is 33.8 Å². The van der Waals surface area contributed by atoms with Gasteiger partial charge in [-0.2, -0.15) is 0 Å². The second-order valence-corrected chi connectivity index (χ2v) is 37.3. The molecule has 0 aromatic carbocycles. The highest BCUT2D eigenvalue weighted by Crippen LogP contribution is 2.45. The number of aliphatic hydroxyl groups is 1. The maximum absolute atomic E-state index is 13.2. The van der Waals surface area contributed by atoms with E-state index in [1.165, 1.54) is 308 Å². The van der Waals surface area contributed by atoms with Crippen molar-refractivity contribution < 1.29 is 80.2 Å². The molecule has 0 rings (SSSR count). The molecule has 0 fully saturated rings. The third kappa shape index (κ3) is 83.1. The zero-order valence-corrected chi connectivity index (χ0v) is 75.9. The molecule has 666 valence electrons. The van der Waals surface area contributed by atoms with E-state index < -0.39 is 97.5 Å². The third-order valence-corrected chi connectivity index (χ3v) is 24.5. The van der Waals surface area contributed by atoms with Crippen molar-refractivity contribution in [3.8, 4) is 0 Å². The Hall–Kier alpha value is -1.94. The van der Waals surface area contributed by atoms with E-state index in [-0.39, 0.29) is 25.7 Å². The van der Waals surface area contributed by atoms with Crippen LogP contribution in [0.25, 0.3) is 0 Å². The summed E-state index contributed by atoms with van der Waals surface area (Å²) in [5, 5.41) is 10.7. The number of ether oxygens (including phenoxy) is 4. The predicted molar refractivity (Wildman–Crippen MR) is 465 cm³/mol. The molecule has 0 aliphatic carbocycles. The summed E-state index contributed by atoms with van der Waals surface area (Å²) in [4.78, 5) is 73.5. The smallest absolute Gasteiger partial charge is 0.462 e. The number of hydrogen-bond acceptors (Lipinski definition) is 15. The molecular weight excluding hydrogens is 1450 g/mol. The van der Waals surface area contributed by atoms with Gasteiger partial charge in [0.25, 0.3) is 0 Å². The van der Waals surface area contributed by atoms with Crippen molar-refractivity contribution in [2.75, 3.05) is 39.6 Å². The van der Waals surface area contributed by atoms with E-state index in [4.69, 9.17) is 37.0 Å². The van der Waals surface area contributed by atoms with Crippen LogP contribution in [0.2, 0.25) is 0 Å². The first-order valence-electron chi connectivity index (χ1n) is 47.9. The average molecular weight is 1630 g/mol. The van der Waals surface area contributed by atoms with E-state index in [0.717, 1.165) is 108 Å². The molecule has 0 aromatic rings. The Morgan fingerprint density at radius 3 is 0.679 bits per heavy atom. The van der Waals surface area contributed by atoms with Gasteiger partial charge in [-0.3, -0.25) is 37.3 Å². The van der Waals surface area contributed by atoms with E-state index >= 15 is 0 Å². The first-order valence-corrected chi connectivity index (χ1v) is 50.9. The highest BCUT2D eigenvalue weighted by atomic mass is 31.2. The lowest BCUT2D eigenvalue weighted by Crippen LogP contribution is -2.30. The highest BCUT2D eigenvalue weighted by Gasteiger charge is 2.31. The average Bonchev–Trinajstić information content (AvgIpc) is 0.897. The summed E-state index contributed by atoms with van der Waals surface area (Å²) in [7, 11) is -9.94. The maximum atomic E-state index is 13.2. The molecule has 0 aliphatic rings. The Morgan fingerprint density at radius 1 is 0.259 bits per heavy atom.